The molecule has 96 valence electrons. The molecule has 0 heterocycles. The zero-order chi connectivity index (χ0) is 13.5. The summed E-state index contributed by atoms with van der Waals surface area (Å²) in [5, 5.41) is 8.89. The number of esters is 1. The molecule has 1 N–H and O–H groups in total. The Balaban J connectivity index is 2.98. The first-order valence-corrected chi connectivity index (χ1v) is 5.19. The van der Waals surface area contributed by atoms with E-state index in [1.807, 2.05) is 0 Å². The molecule has 5 heteroatoms. The van der Waals surface area contributed by atoms with Crippen molar-refractivity contribution in [2.24, 2.45) is 0 Å². The Bertz CT molecular complexity index is 459. The van der Waals surface area contributed by atoms with Gasteiger partial charge in [0, 0.05) is 7.11 Å². The highest BCUT2D eigenvalue weighted by Gasteiger charge is 2.17. The number of methoxy groups -OCH3 is 2. The fraction of sp³-hybridized carbons (Fsp3) is 0.231. The number of carboxylic acids is 1. The number of benzene rings is 1. The van der Waals surface area contributed by atoms with Gasteiger partial charge in [0.2, 0.25) is 0 Å². The first-order chi connectivity index (χ1) is 8.58. The van der Waals surface area contributed by atoms with Gasteiger partial charge in [0.15, 0.2) is 0 Å². The summed E-state index contributed by atoms with van der Waals surface area (Å²) in [7, 11) is 2.73. The van der Waals surface area contributed by atoms with Crippen molar-refractivity contribution in [3.63, 3.8) is 0 Å². The summed E-state index contributed by atoms with van der Waals surface area (Å²) < 4.78 is 9.36. The van der Waals surface area contributed by atoms with Crippen molar-refractivity contribution in [3.8, 4) is 0 Å². The smallest absolute Gasteiger partial charge is 0.345 e. The first-order valence-electron chi connectivity index (χ1n) is 5.19. The molecule has 1 aromatic rings. The predicted octanol–water partition coefficient (Wildman–Crippen LogP) is 1.47. The molecule has 0 aliphatic heterocycles. The van der Waals surface area contributed by atoms with Gasteiger partial charge in [-0.3, -0.25) is 0 Å². The van der Waals surface area contributed by atoms with E-state index in [-0.39, 0.29) is 0 Å². The van der Waals surface area contributed by atoms with Crippen LogP contribution in [0.15, 0.2) is 29.8 Å². The Morgan fingerprint density at radius 2 is 1.83 bits per heavy atom. The highest BCUT2D eigenvalue weighted by molar-refractivity contribution is 6.16. The molecule has 0 atom stereocenters. The molecule has 0 fully saturated rings. The third-order valence-electron chi connectivity index (χ3n) is 2.24. The number of carboxylic acid groups (broad SMARTS) is 1. The molecule has 0 aromatic heterocycles. The van der Waals surface area contributed by atoms with Crippen molar-refractivity contribution in [1.29, 1.82) is 0 Å². The number of carbonyl (C=O) groups excluding carboxylic acids is 1. The zero-order valence-corrected chi connectivity index (χ0v) is 10.2. The van der Waals surface area contributed by atoms with E-state index in [4.69, 9.17) is 9.84 Å². The van der Waals surface area contributed by atoms with E-state index >= 15 is 0 Å². The molecule has 0 aliphatic carbocycles. The molecule has 1 rings (SSSR count). The van der Waals surface area contributed by atoms with E-state index in [1.54, 1.807) is 31.4 Å². The fourth-order valence-corrected chi connectivity index (χ4v) is 1.36. The highest BCUT2D eigenvalue weighted by Crippen LogP contribution is 2.11. The van der Waals surface area contributed by atoms with E-state index in [1.165, 1.54) is 6.08 Å². The Morgan fingerprint density at radius 1 is 1.22 bits per heavy atom. The van der Waals surface area contributed by atoms with Gasteiger partial charge in [-0.05, 0) is 17.2 Å². The maximum atomic E-state index is 11.2. The largest absolute Gasteiger partial charge is 0.477 e. The Hall–Kier alpha value is -2.14. The maximum Gasteiger partial charge on any atom is 0.345 e. The van der Waals surface area contributed by atoms with E-state index in [9.17, 15) is 9.59 Å². The molecule has 1 aromatic carbocycles. The minimum Gasteiger partial charge on any atom is -0.477 e. The molecule has 0 bridgehead atoms. The molecular formula is C13H14O5. The molecule has 0 amide bonds. The number of hydrogen-bond donors (Lipinski definition) is 1. The molecule has 0 radical (unpaired) electrons. The molecule has 0 saturated heterocycles. The normalized spacial score (nSPS) is 11.1. The highest BCUT2D eigenvalue weighted by atomic mass is 16.5. The van der Waals surface area contributed by atoms with Crippen LogP contribution in [0.25, 0.3) is 6.08 Å². The van der Waals surface area contributed by atoms with Gasteiger partial charge in [0.05, 0.1) is 13.7 Å². The lowest BCUT2D eigenvalue weighted by Crippen LogP contribution is -2.13. The van der Waals surface area contributed by atoms with Crippen LogP contribution < -0.4 is 0 Å². The third kappa shape index (κ3) is 3.71. The van der Waals surface area contributed by atoms with E-state index in [2.05, 4.69) is 4.74 Å². The van der Waals surface area contributed by atoms with Crippen molar-refractivity contribution in [3.05, 3.63) is 41.0 Å². The van der Waals surface area contributed by atoms with Crippen LogP contribution in [0.2, 0.25) is 0 Å². The number of aliphatic carboxylic acids is 1. The summed E-state index contributed by atoms with van der Waals surface area (Å²) >= 11 is 0. The third-order valence-corrected chi connectivity index (χ3v) is 2.24. The molecule has 18 heavy (non-hydrogen) atoms. The molecule has 0 saturated carbocycles. The number of rotatable bonds is 5. The van der Waals surface area contributed by atoms with Crippen LogP contribution in [0.3, 0.4) is 0 Å². The number of hydrogen-bond acceptors (Lipinski definition) is 4. The Labute approximate surface area is 105 Å². The summed E-state index contributed by atoms with van der Waals surface area (Å²) in [5.74, 6) is -2.19. The van der Waals surface area contributed by atoms with Crippen molar-refractivity contribution in [1.82, 2.24) is 0 Å². The Kier molecular flexibility index (Phi) is 5.07. The first kappa shape index (κ1) is 13.9. The van der Waals surface area contributed by atoms with E-state index in [0.717, 1.165) is 12.7 Å². The summed E-state index contributed by atoms with van der Waals surface area (Å²) in [6.45, 7) is 0.479. The van der Waals surface area contributed by atoms with Crippen molar-refractivity contribution < 1.29 is 24.2 Å². The van der Waals surface area contributed by atoms with Gasteiger partial charge in [0.1, 0.15) is 5.57 Å². The monoisotopic (exact) mass is 250 g/mol. The average molecular weight is 250 g/mol. The van der Waals surface area contributed by atoms with Crippen molar-refractivity contribution in [2.75, 3.05) is 14.2 Å². The lowest BCUT2D eigenvalue weighted by Gasteiger charge is -2.02. The van der Waals surface area contributed by atoms with Gasteiger partial charge in [-0.1, -0.05) is 24.3 Å². The van der Waals surface area contributed by atoms with Crippen LogP contribution >= 0.6 is 0 Å². The molecule has 5 nitrogen and oxygen atoms in total. The van der Waals surface area contributed by atoms with Crippen molar-refractivity contribution >= 4 is 18.0 Å². The quantitative estimate of drug-likeness (QED) is 0.371. The van der Waals surface area contributed by atoms with E-state index < -0.39 is 17.5 Å². The molecule has 0 unspecified atom stereocenters. The molecule has 0 spiro atoms. The topological polar surface area (TPSA) is 72.8 Å². The van der Waals surface area contributed by atoms with Crippen LogP contribution in [0.1, 0.15) is 11.1 Å². The number of ether oxygens (including phenoxy) is 2. The van der Waals surface area contributed by atoms with Gasteiger partial charge in [0.25, 0.3) is 0 Å². The van der Waals surface area contributed by atoms with Gasteiger partial charge < -0.3 is 14.6 Å². The summed E-state index contributed by atoms with van der Waals surface area (Å²) in [4.78, 5) is 22.1. The predicted molar refractivity (Wildman–Crippen MR) is 64.8 cm³/mol. The second-order valence-corrected chi connectivity index (χ2v) is 3.53. The summed E-state index contributed by atoms with van der Waals surface area (Å²) in [6, 6.07) is 7.01. The number of carbonyl (C=O) groups is 2. The maximum absolute atomic E-state index is 11.2. The van der Waals surface area contributed by atoms with Crippen molar-refractivity contribution in [2.45, 2.75) is 6.61 Å². The minimum atomic E-state index is -1.32. The minimum absolute atomic E-state index is 0.406. The average Bonchev–Trinajstić information content (AvgIpc) is 2.37. The van der Waals surface area contributed by atoms with Crippen LogP contribution in [0.5, 0.6) is 0 Å². The SMILES string of the molecule is COCc1ccc(/C=C(/C(=O)O)C(=O)OC)cc1. The second kappa shape index (κ2) is 6.56. The summed E-state index contributed by atoms with van der Waals surface area (Å²) in [6.07, 6.45) is 1.27. The van der Waals surface area contributed by atoms with Crippen LogP contribution in [0.4, 0.5) is 0 Å². The van der Waals surface area contributed by atoms with Crippen LogP contribution in [-0.2, 0) is 25.7 Å². The van der Waals surface area contributed by atoms with Crippen LogP contribution in [0, 0.1) is 0 Å². The Morgan fingerprint density at radius 3 is 2.28 bits per heavy atom. The van der Waals surface area contributed by atoms with Gasteiger partial charge in [-0.2, -0.15) is 0 Å². The van der Waals surface area contributed by atoms with Gasteiger partial charge >= 0.3 is 11.9 Å². The standard InChI is InChI=1S/C13H14O5/c1-17-8-10-5-3-9(4-6-10)7-11(12(14)15)13(16)18-2/h3-7H,8H2,1-2H3,(H,14,15)/b11-7-. The van der Waals surface area contributed by atoms with E-state index in [0.29, 0.717) is 12.2 Å². The zero-order valence-electron chi connectivity index (χ0n) is 10.2. The molecule has 0 aliphatic rings. The van der Waals surface area contributed by atoms with Gasteiger partial charge in [-0.15, -0.1) is 0 Å². The molecular weight excluding hydrogens is 236 g/mol. The summed E-state index contributed by atoms with van der Waals surface area (Å²) in [5.41, 5.74) is 1.17. The fourth-order valence-electron chi connectivity index (χ4n) is 1.36. The lowest BCUT2D eigenvalue weighted by molar-refractivity contribution is -0.142. The second-order valence-electron chi connectivity index (χ2n) is 3.53. The lowest BCUT2D eigenvalue weighted by atomic mass is 10.1. The van der Waals surface area contributed by atoms with Crippen LogP contribution in [-0.4, -0.2) is 31.3 Å². The van der Waals surface area contributed by atoms with Gasteiger partial charge in [-0.25, -0.2) is 9.59 Å².